The van der Waals surface area contributed by atoms with Gasteiger partial charge in [0.2, 0.25) is 0 Å². The lowest BCUT2D eigenvalue weighted by molar-refractivity contribution is 0.305. The first-order valence-electron chi connectivity index (χ1n) is 6.30. The molecule has 3 heteroatoms. The summed E-state index contributed by atoms with van der Waals surface area (Å²) in [6.07, 6.45) is 1.56. The number of nitriles is 1. The van der Waals surface area contributed by atoms with Crippen LogP contribution in [0.15, 0.2) is 28.7 Å². The van der Waals surface area contributed by atoms with Gasteiger partial charge < -0.3 is 5.32 Å². The summed E-state index contributed by atoms with van der Waals surface area (Å²) in [7, 11) is 0. The highest BCUT2D eigenvalue weighted by atomic mass is 79.9. The van der Waals surface area contributed by atoms with Crippen molar-refractivity contribution >= 4 is 15.9 Å². The van der Waals surface area contributed by atoms with E-state index in [0.29, 0.717) is 12.5 Å². The Hall–Kier alpha value is -0.850. The monoisotopic (exact) mass is 308 g/mol. The summed E-state index contributed by atoms with van der Waals surface area (Å²) in [5.74, 6) is 0. The maximum atomic E-state index is 8.64. The van der Waals surface area contributed by atoms with Crippen LogP contribution >= 0.6 is 15.9 Å². The van der Waals surface area contributed by atoms with E-state index in [-0.39, 0.29) is 5.41 Å². The van der Waals surface area contributed by atoms with E-state index < -0.39 is 0 Å². The molecule has 0 heterocycles. The minimum Gasteiger partial charge on any atom is -0.310 e. The predicted octanol–water partition coefficient (Wildman–Crippen LogP) is 4.43. The van der Waals surface area contributed by atoms with Crippen molar-refractivity contribution in [3.05, 3.63) is 34.3 Å². The molecule has 98 valence electrons. The van der Waals surface area contributed by atoms with Gasteiger partial charge in [0, 0.05) is 23.5 Å². The van der Waals surface area contributed by atoms with Gasteiger partial charge in [0.25, 0.3) is 0 Å². The number of nitrogens with zero attached hydrogens (tertiary/aromatic N) is 1. The molecule has 1 atom stereocenters. The summed E-state index contributed by atoms with van der Waals surface area (Å²) in [6, 6.07) is 10.9. The molecular weight excluding hydrogens is 288 g/mol. The van der Waals surface area contributed by atoms with E-state index >= 15 is 0 Å². The van der Waals surface area contributed by atoms with E-state index in [0.717, 1.165) is 17.4 Å². The molecule has 0 radical (unpaired) electrons. The lowest BCUT2D eigenvalue weighted by atomic mass is 9.87. The highest BCUT2D eigenvalue weighted by Gasteiger charge is 2.18. The Balaban J connectivity index is 2.51. The van der Waals surface area contributed by atoms with Crippen molar-refractivity contribution in [3.63, 3.8) is 0 Å². The van der Waals surface area contributed by atoms with Gasteiger partial charge in [-0.15, -0.1) is 0 Å². The Morgan fingerprint density at radius 1 is 1.44 bits per heavy atom. The van der Waals surface area contributed by atoms with Crippen molar-refractivity contribution < 1.29 is 0 Å². The third-order valence-corrected chi connectivity index (χ3v) is 3.64. The van der Waals surface area contributed by atoms with E-state index in [1.54, 1.807) is 0 Å². The molecule has 0 spiro atoms. The molecule has 0 saturated carbocycles. The van der Waals surface area contributed by atoms with E-state index in [1.807, 2.05) is 6.07 Å². The Labute approximate surface area is 119 Å². The van der Waals surface area contributed by atoms with E-state index in [9.17, 15) is 0 Å². The van der Waals surface area contributed by atoms with Crippen LogP contribution < -0.4 is 5.32 Å². The summed E-state index contributed by atoms with van der Waals surface area (Å²) < 4.78 is 1.11. The molecule has 0 bridgehead atoms. The van der Waals surface area contributed by atoms with Gasteiger partial charge in [-0.3, -0.25) is 0 Å². The van der Waals surface area contributed by atoms with Gasteiger partial charge in [-0.05, 0) is 36.5 Å². The van der Waals surface area contributed by atoms with Crippen molar-refractivity contribution in [2.75, 3.05) is 6.54 Å². The Kier molecular flexibility index (Phi) is 5.84. The molecule has 1 aromatic carbocycles. The van der Waals surface area contributed by atoms with Crippen LogP contribution in [-0.4, -0.2) is 6.54 Å². The fraction of sp³-hybridized carbons (Fsp3) is 0.533. The molecule has 1 unspecified atom stereocenters. The zero-order chi connectivity index (χ0) is 13.6. The molecule has 1 rings (SSSR count). The molecule has 0 aliphatic heterocycles. The summed E-state index contributed by atoms with van der Waals surface area (Å²) in [5.41, 5.74) is 1.44. The van der Waals surface area contributed by atoms with Crippen LogP contribution in [0.3, 0.4) is 0 Å². The van der Waals surface area contributed by atoms with Crippen molar-refractivity contribution in [1.29, 1.82) is 5.26 Å². The standard InChI is InChI=1S/C15H21BrN2/c1-12(13-6-4-7-14(16)10-13)18-11-15(2,3)8-5-9-17/h4,6-7,10,12,18H,5,8,11H2,1-3H3. The van der Waals surface area contributed by atoms with Crippen LogP contribution in [-0.2, 0) is 0 Å². The van der Waals surface area contributed by atoms with Gasteiger partial charge in [0.1, 0.15) is 0 Å². The fourth-order valence-corrected chi connectivity index (χ4v) is 2.22. The SMILES string of the molecule is CC(NCC(C)(C)CCC#N)c1cccc(Br)c1. The van der Waals surface area contributed by atoms with Crippen molar-refractivity contribution in [1.82, 2.24) is 5.32 Å². The lowest BCUT2D eigenvalue weighted by Crippen LogP contribution is -2.31. The molecule has 0 aliphatic rings. The quantitative estimate of drug-likeness (QED) is 0.844. The molecule has 0 saturated heterocycles. The molecular formula is C15H21BrN2. The van der Waals surface area contributed by atoms with Crippen molar-refractivity contribution in [3.8, 4) is 6.07 Å². The Morgan fingerprint density at radius 3 is 2.78 bits per heavy atom. The molecule has 0 aliphatic carbocycles. The van der Waals surface area contributed by atoms with E-state index in [2.05, 4.69) is 66.3 Å². The van der Waals surface area contributed by atoms with Crippen molar-refractivity contribution in [2.45, 2.75) is 39.7 Å². The molecule has 1 N–H and O–H groups in total. The van der Waals surface area contributed by atoms with Crippen LogP contribution in [0.2, 0.25) is 0 Å². The van der Waals surface area contributed by atoms with Crippen LogP contribution in [0.25, 0.3) is 0 Å². The summed E-state index contributed by atoms with van der Waals surface area (Å²) in [5, 5.41) is 12.2. The minimum absolute atomic E-state index is 0.163. The first kappa shape index (κ1) is 15.2. The zero-order valence-corrected chi connectivity index (χ0v) is 12.9. The third kappa shape index (κ3) is 5.20. The first-order chi connectivity index (χ1) is 8.44. The van der Waals surface area contributed by atoms with E-state index in [1.165, 1.54) is 5.56 Å². The van der Waals surface area contributed by atoms with Gasteiger partial charge in [0.05, 0.1) is 6.07 Å². The number of halogens is 1. The molecule has 0 fully saturated rings. The largest absolute Gasteiger partial charge is 0.310 e. The van der Waals surface area contributed by atoms with Crippen LogP contribution in [0, 0.1) is 16.7 Å². The number of nitrogens with one attached hydrogen (secondary N) is 1. The molecule has 1 aromatic rings. The maximum absolute atomic E-state index is 8.64. The van der Waals surface area contributed by atoms with Crippen LogP contribution in [0.4, 0.5) is 0 Å². The number of rotatable bonds is 6. The first-order valence-corrected chi connectivity index (χ1v) is 7.10. The second kappa shape index (κ2) is 6.92. The zero-order valence-electron chi connectivity index (χ0n) is 11.3. The van der Waals surface area contributed by atoms with E-state index in [4.69, 9.17) is 5.26 Å². The Bertz CT molecular complexity index is 421. The second-order valence-corrected chi connectivity index (χ2v) is 6.40. The van der Waals surface area contributed by atoms with Crippen molar-refractivity contribution in [2.24, 2.45) is 5.41 Å². The molecule has 18 heavy (non-hydrogen) atoms. The molecule has 0 amide bonds. The number of hydrogen-bond donors (Lipinski definition) is 1. The summed E-state index contributed by atoms with van der Waals surface area (Å²) in [4.78, 5) is 0. The average Bonchev–Trinajstić information content (AvgIpc) is 2.34. The summed E-state index contributed by atoms with van der Waals surface area (Å²) >= 11 is 3.49. The average molecular weight is 309 g/mol. The van der Waals surface area contributed by atoms with Gasteiger partial charge in [0.15, 0.2) is 0 Å². The van der Waals surface area contributed by atoms with Gasteiger partial charge >= 0.3 is 0 Å². The highest BCUT2D eigenvalue weighted by Crippen LogP contribution is 2.23. The molecule has 2 nitrogen and oxygen atoms in total. The normalized spacial score (nSPS) is 13.1. The van der Waals surface area contributed by atoms with Gasteiger partial charge in [-0.1, -0.05) is 41.9 Å². The number of hydrogen-bond acceptors (Lipinski definition) is 2. The highest BCUT2D eigenvalue weighted by molar-refractivity contribution is 9.10. The lowest BCUT2D eigenvalue weighted by Gasteiger charge is -2.26. The predicted molar refractivity (Wildman–Crippen MR) is 79.2 cm³/mol. The maximum Gasteiger partial charge on any atom is 0.0621 e. The van der Waals surface area contributed by atoms with Gasteiger partial charge in [-0.25, -0.2) is 0 Å². The smallest absolute Gasteiger partial charge is 0.0621 e. The topological polar surface area (TPSA) is 35.8 Å². The number of benzene rings is 1. The van der Waals surface area contributed by atoms with Gasteiger partial charge in [-0.2, -0.15) is 5.26 Å². The Morgan fingerprint density at radius 2 is 2.17 bits per heavy atom. The fourth-order valence-electron chi connectivity index (χ4n) is 1.81. The molecule has 0 aromatic heterocycles. The third-order valence-electron chi connectivity index (χ3n) is 3.15. The van der Waals surface area contributed by atoms with Crippen LogP contribution in [0.1, 0.15) is 45.2 Å². The minimum atomic E-state index is 0.163. The second-order valence-electron chi connectivity index (χ2n) is 5.48. The van der Waals surface area contributed by atoms with Crippen LogP contribution in [0.5, 0.6) is 0 Å². The summed E-state index contributed by atoms with van der Waals surface area (Å²) in [6.45, 7) is 7.49.